The zero-order chi connectivity index (χ0) is 18.7. The van der Waals surface area contributed by atoms with Gasteiger partial charge >= 0.3 is 6.18 Å². The molecule has 1 aliphatic heterocycles. The molecule has 9 heteroatoms. The van der Waals surface area contributed by atoms with Crippen molar-refractivity contribution in [3.8, 4) is 0 Å². The number of hydrogen-bond acceptors (Lipinski definition) is 3. The first-order valence-electron chi connectivity index (χ1n) is 8.42. The zero-order valence-corrected chi connectivity index (χ0v) is 14.1. The molecule has 140 valence electrons. The van der Waals surface area contributed by atoms with Crippen LogP contribution in [0.15, 0.2) is 24.4 Å². The lowest BCUT2D eigenvalue weighted by atomic mass is 10.3. The molecule has 3 rings (SSSR count). The Bertz CT molecular complexity index is 816. The normalized spacial score (nSPS) is 15.0. The van der Waals surface area contributed by atoms with Gasteiger partial charge in [-0.3, -0.25) is 9.59 Å². The number of rotatable bonds is 6. The average Bonchev–Trinajstić information content (AvgIpc) is 3.16. The number of hydrogen-bond donors (Lipinski definition) is 1. The van der Waals surface area contributed by atoms with Crippen molar-refractivity contribution in [2.45, 2.75) is 32.0 Å². The summed E-state index contributed by atoms with van der Waals surface area (Å²) in [5.41, 5.74) is -0.614. The van der Waals surface area contributed by atoms with E-state index in [4.69, 9.17) is 0 Å². The van der Waals surface area contributed by atoms with Gasteiger partial charge in [0.15, 0.2) is 0 Å². The summed E-state index contributed by atoms with van der Waals surface area (Å²) >= 11 is 0. The van der Waals surface area contributed by atoms with E-state index in [0.717, 1.165) is 17.1 Å². The summed E-state index contributed by atoms with van der Waals surface area (Å²) < 4.78 is 40.7. The first-order chi connectivity index (χ1) is 12.4. The van der Waals surface area contributed by atoms with E-state index in [-0.39, 0.29) is 30.4 Å². The Hall–Kier alpha value is -2.58. The van der Waals surface area contributed by atoms with Crippen LogP contribution in [-0.4, -0.2) is 45.9 Å². The SMILES string of the molecule is O=C(CCn1c(C(F)(F)F)cc2cccnc21)NCCN1CCCC1=O. The smallest absolute Gasteiger partial charge is 0.354 e. The van der Waals surface area contributed by atoms with E-state index in [1.165, 1.54) is 6.20 Å². The fourth-order valence-corrected chi connectivity index (χ4v) is 3.12. The molecule has 6 nitrogen and oxygen atoms in total. The minimum Gasteiger partial charge on any atom is -0.354 e. The van der Waals surface area contributed by atoms with Crippen LogP contribution in [0, 0.1) is 0 Å². The molecule has 0 atom stereocenters. The van der Waals surface area contributed by atoms with Crippen molar-refractivity contribution in [2.24, 2.45) is 0 Å². The minimum atomic E-state index is -4.52. The number of fused-ring (bicyclic) bond motifs is 1. The largest absolute Gasteiger partial charge is 0.431 e. The molecule has 0 saturated carbocycles. The Labute approximate surface area is 148 Å². The molecule has 0 aromatic carbocycles. The van der Waals surface area contributed by atoms with Gasteiger partial charge in [0.2, 0.25) is 11.8 Å². The van der Waals surface area contributed by atoms with Gasteiger partial charge in [-0.25, -0.2) is 4.98 Å². The Morgan fingerprint density at radius 2 is 2.12 bits per heavy atom. The third-order valence-corrected chi connectivity index (χ3v) is 4.38. The number of nitrogens with zero attached hydrogens (tertiary/aromatic N) is 3. The van der Waals surface area contributed by atoms with E-state index in [1.807, 2.05) is 0 Å². The summed E-state index contributed by atoms with van der Waals surface area (Å²) in [6.07, 6.45) is -1.85. The topological polar surface area (TPSA) is 67.2 Å². The zero-order valence-electron chi connectivity index (χ0n) is 14.1. The molecule has 2 aromatic heterocycles. The van der Waals surface area contributed by atoms with E-state index >= 15 is 0 Å². The lowest BCUT2D eigenvalue weighted by molar-refractivity contribution is -0.143. The van der Waals surface area contributed by atoms with Crippen molar-refractivity contribution in [2.75, 3.05) is 19.6 Å². The summed E-state index contributed by atoms with van der Waals surface area (Å²) in [7, 11) is 0. The maximum Gasteiger partial charge on any atom is 0.431 e. The second-order valence-corrected chi connectivity index (χ2v) is 6.18. The molecule has 0 spiro atoms. The molecular formula is C17H19F3N4O2. The highest BCUT2D eigenvalue weighted by molar-refractivity contribution is 5.79. The highest BCUT2D eigenvalue weighted by atomic mass is 19.4. The highest BCUT2D eigenvalue weighted by Gasteiger charge is 2.35. The van der Waals surface area contributed by atoms with Gasteiger partial charge < -0.3 is 14.8 Å². The molecule has 2 amide bonds. The minimum absolute atomic E-state index is 0.0685. The number of carbonyl (C=O) groups is 2. The fraction of sp³-hybridized carbons (Fsp3) is 0.471. The standard InChI is InChI=1S/C17H19F3N4O2/c18-17(19,20)13-11-12-3-1-6-22-16(12)24(13)9-5-14(25)21-7-10-23-8-2-4-15(23)26/h1,3,6,11H,2,4-5,7-10H2,(H,21,25). The highest BCUT2D eigenvalue weighted by Crippen LogP contribution is 2.33. The summed E-state index contributed by atoms with van der Waals surface area (Å²) in [5, 5.41) is 3.03. The Kier molecular flexibility index (Phi) is 5.15. The molecule has 1 saturated heterocycles. The van der Waals surface area contributed by atoms with E-state index in [2.05, 4.69) is 10.3 Å². The fourth-order valence-electron chi connectivity index (χ4n) is 3.12. The van der Waals surface area contributed by atoms with Crippen LogP contribution >= 0.6 is 0 Å². The van der Waals surface area contributed by atoms with Gasteiger partial charge in [0.25, 0.3) is 0 Å². The van der Waals surface area contributed by atoms with E-state index in [0.29, 0.717) is 31.4 Å². The van der Waals surface area contributed by atoms with Gasteiger partial charge in [-0.15, -0.1) is 0 Å². The molecule has 3 heterocycles. The molecule has 0 bridgehead atoms. The summed E-state index contributed by atoms with van der Waals surface area (Å²) in [5.74, 6) is -0.290. The van der Waals surface area contributed by atoms with Crippen molar-refractivity contribution in [3.63, 3.8) is 0 Å². The summed E-state index contributed by atoms with van der Waals surface area (Å²) in [6, 6.07) is 4.17. The molecule has 0 radical (unpaired) electrons. The van der Waals surface area contributed by atoms with Gasteiger partial charge in [-0.2, -0.15) is 13.2 Å². The molecule has 2 aromatic rings. The van der Waals surface area contributed by atoms with Crippen molar-refractivity contribution >= 4 is 22.8 Å². The number of amides is 2. The number of pyridine rings is 1. The third-order valence-electron chi connectivity index (χ3n) is 4.38. The maximum absolute atomic E-state index is 13.2. The van der Waals surface area contributed by atoms with Crippen molar-refractivity contribution in [1.29, 1.82) is 0 Å². The van der Waals surface area contributed by atoms with Crippen LogP contribution < -0.4 is 5.32 Å². The molecule has 1 fully saturated rings. The van der Waals surface area contributed by atoms with Gasteiger partial charge in [0.05, 0.1) is 0 Å². The van der Waals surface area contributed by atoms with Gasteiger partial charge in [-0.05, 0) is 24.6 Å². The number of halogens is 3. The first kappa shape index (κ1) is 18.2. The molecule has 1 N–H and O–H groups in total. The van der Waals surface area contributed by atoms with Crippen molar-refractivity contribution in [1.82, 2.24) is 19.8 Å². The third kappa shape index (κ3) is 3.97. The van der Waals surface area contributed by atoms with Gasteiger partial charge in [-0.1, -0.05) is 0 Å². The molecular weight excluding hydrogens is 349 g/mol. The Morgan fingerprint density at radius 3 is 2.81 bits per heavy atom. The second kappa shape index (κ2) is 7.35. The van der Waals surface area contributed by atoms with E-state index in [1.54, 1.807) is 17.0 Å². The quantitative estimate of drug-likeness (QED) is 0.850. The lowest BCUT2D eigenvalue weighted by Gasteiger charge is -2.16. The van der Waals surface area contributed by atoms with Crippen LogP contribution in [0.3, 0.4) is 0 Å². The van der Waals surface area contributed by atoms with Crippen LogP contribution in [0.2, 0.25) is 0 Å². The molecule has 1 aliphatic rings. The number of nitrogens with one attached hydrogen (secondary N) is 1. The first-order valence-corrected chi connectivity index (χ1v) is 8.42. The lowest BCUT2D eigenvalue weighted by Crippen LogP contribution is -2.35. The van der Waals surface area contributed by atoms with Crippen molar-refractivity contribution in [3.05, 3.63) is 30.1 Å². The van der Waals surface area contributed by atoms with Crippen molar-refractivity contribution < 1.29 is 22.8 Å². The molecule has 26 heavy (non-hydrogen) atoms. The monoisotopic (exact) mass is 368 g/mol. The number of alkyl halides is 3. The van der Waals surface area contributed by atoms with Crippen LogP contribution in [0.25, 0.3) is 11.0 Å². The van der Waals surface area contributed by atoms with Crippen LogP contribution in [0.4, 0.5) is 13.2 Å². The number of aromatic nitrogens is 2. The average molecular weight is 368 g/mol. The van der Waals surface area contributed by atoms with E-state index < -0.39 is 11.9 Å². The van der Waals surface area contributed by atoms with Gasteiger partial charge in [0.1, 0.15) is 11.3 Å². The predicted octanol–water partition coefficient (Wildman–Crippen LogP) is 2.18. The van der Waals surface area contributed by atoms with Crippen LogP contribution in [0.5, 0.6) is 0 Å². The number of likely N-dealkylation sites (tertiary alicyclic amines) is 1. The predicted molar refractivity (Wildman–Crippen MR) is 88.2 cm³/mol. The summed E-state index contributed by atoms with van der Waals surface area (Å²) in [6.45, 7) is 1.28. The Morgan fingerprint density at radius 1 is 1.31 bits per heavy atom. The van der Waals surface area contributed by atoms with Crippen LogP contribution in [0.1, 0.15) is 25.0 Å². The van der Waals surface area contributed by atoms with Gasteiger partial charge in [0, 0.05) is 50.6 Å². The summed E-state index contributed by atoms with van der Waals surface area (Å²) in [4.78, 5) is 29.1. The van der Waals surface area contributed by atoms with E-state index in [9.17, 15) is 22.8 Å². The Balaban J connectivity index is 1.60. The maximum atomic E-state index is 13.2. The second-order valence-electron chi connectivity index (χ2n) is 6.18. The molecule has 0 unspecified atom stereocenters. The molecule has 0 aliphatic carbocycles. The number of aryl methyl sites for hydroxylation is 1. The number of carbonyl (C=O) groups excluding carboxylic acids is 2. The van der Waals surface area contributed by atoms with Crippen LogP contribution in [-0.2, 0) is 22.3 Å².